The first kappa shape index (κ1) is 15.3. The van der Waals surface area contributed by atoms with Gasteiger partial charge in [0, 0.05) is 31.6 Å². The summed E-state index contributed by atoms with van der Waals surface area (Å²) in [5.74, 6) is -0.856. The molecule has 18 heavy (non-hydrogen) atoms. The summed E-state index contributed by atoms with van der Waals surface area (Å²) in [4.78, 5) is 23.9. The van der Waals surface area contributed by atoms with Gasteiger partial charge in [-0.15, -0.1) is 0 Å². The first-order valence-corrected chi connectivity index (χ1v) is 5.46. The van der Waals surface area contributed by atoms with Gasteiger partial charge in [-0.1, -0.05) is 0 Å². The third kappa shape index (κ3) is 4.16. The van der Waals surface area contributed by atoms with Gasteiger partial charge in [0.25, 0.3) is 0 Å². The number of morpholine rings is 1. The minimum absolute atomic E-state index is 0. The van der Waals surface area contributed by atoms with Crippen LogP contribution in [-0.2, 0) is 14.3 Å². The maximum absolute atomic E-state index is 11.4. The van der Waals surface area contributed by atoms with E-state index in [9.17, 15) is 14.7 Å². The molecule has 0 saturated carbocycles. The molecule has 2 N–H and O–H groups in total. The summed E-state index contributed by atoms with van der Waals surface area (Å²) in [5.41, 5.74) is 0. The zero-order valence-electron chi connectivity index (χ0n) is 10.3. The number of carbonyl (C=O) groups is 2. The number of carboxylic acid groups (broad SMARTS) is 1. The minimum Gasteiger partial charge on any atom is -0.550 e. The van der Waals surface area contributed by atoms with E-state index in [-0.39, 0.29) is 41.9 Å². The van der Waals surface area contributed by atoms with E-state index in [1.807, 2.05) is 4.90 Å². The van der Waals surface area contributed by atoms with Crippen LogP contribution >= 0.6 is 0 Å². The van der Waals surface area contributed by atoms with Gasteiger partial charge in [0.15, 0.2) is 0 Å². The molecule has 0 spiro atoms. The summed E-state index contributed by atoms with van der Waals surface area (Å²) in [7, 11) is 0. The zero-order chi connectivity index (χ0) is 12.3. The molecule has 1 fully saturated rings. The van der Waals surface area contributed by atoms with Gasteiger partial charge in [-0.25, -0.2) is 0 Å². The zero-order valence-corrected chi connectivity index (χ0v) is 12.3. The molecule has 0 aliphatic carbocycles. The van der Waals surface area contributed by atoms with Crippen LogP contribution in [0.2, 0.25) is 0 Å². The molecule has 2 aliphatic heterocycles. The molecule has 1 saturated heterocycles. The predicted molar refractivity (Wildman–Crippen MR) is 55.2 cm³/mol. The van der Waals surface area contributed by atoms with Crippen molar-refractivity contribution in [2.75, 3.05) is 26.3 Å². The second-order valence-electron chi connectivity index (χ2n) is 3.91. The molecular formula is C10H14N3NaO4. The number of nitrogens with zero attached hydrogens (tertiary/aromatic N) is 1. The molecule has 0 bridgehead atoms. The van der Waals surface area contributed by atoms with Crippen molar-refractivity contribution < 1.29 is 49.0 Å². The third-order valence-corrected chi connectivity index (χ3v) is 2.63. The number of nitrogens with one attached hydrogen (secondary N) is 2. The fraction of sp³-hybridized carbons (Fsp3) is 0.600. The minimum atomic E-state index is -1.20. The van der Waals surface area contributed by atoms with Crippen LogP contribution < -0.4 is 45.3 Å². The van der Waals surface area contributed by atoms with Gasteiger partial charge in [0.1, 0.15) is 12.0 Å². The van der Waals surface area contributed by atoms with Crippen LogP contribution in [0.25, 0.3) is 0 Å². The largest absolute Gasteiger partial charge is 1.00 e. The summed E-state index contributed by atoms with van der Waals surface area (Å²) in [6.07, 6.45) is 0.556. The number of hydrogen-bond donors (Lipinski definition) is 2. The second kappa shape index (κ2) is 6.98. The van der Waals surface area contributed by atoms with Crippen molar-refractivity contribution in [1.29, 1.82) is 0 Å². The van der Waals surface area contributed by atoms with Crippen LogP contribution in [0.5, 0.6) is 0 Å². The van der Waals surface area contributed by atoms with Crippen LogP contribution in [0.4, 0.5) is 0 Å². The van der Waals surface area contributed by atoms with Crippen LogP contribution in [-0.4, -0.2) is 49.2 Å². The molecule has 7 nitrogen and oxygen atoms in total. The van der Waals surface area contributed by atoms with Crippen molar-refractivity contribution in [1.82, 2.24) is 15.5 Å². The molecule has 1 amide bonds. The molecule has 2 aliphatic rings. The summed E-state index contributed by atoms with van der Waals surface area (Å²) >= 11 is 0. The van der Waals surface area contributed by atoms with E-state index in [0.717, 1.165) is 0 Å². The number of carbonyl (C=O) groups excluding carboxylic acids is 2. The molecule has 0 aromatic rings. The molecular weight excluding hydrogens is 249 g/mol. The summed E-state index contributed by atoms with van der Waals surface area (Å²) in [6, 6.07) is 0. The van der Waals surface area contributed by atoms with Gasteiger partial charge >= 0.3 is 29.6 Å². The normalized spacial score (nSPS) is 23.3. The van der Waals surface area contributed by atoms with Crippen LogP contribution in [0.1, 0.15) is 6.42 Å². The fourth-order valence-electron chi connectivity index (χ4n) is 1.85. The molecule has 0 aromatic carbocycles. The smallest absolute Gasteiger partial charge is 0.550 e. The fourth-order valence-corrected chi connectivity index (χ4v) is 1.85. The Morgan fingerprint density at radius 3 is 2.72 bits per heavy atom. The monoisotopic (exact) mass is 263 g/mol. The van der Waals surface area contributed by atoms with Crippen LogP contribution in [0.15, 0.2) is 11.9 Å². The van der Waals surface area contributed by atoms with E-state index >= 15 is 0 Å². The van der Waals surface area contributed by atoms with Gasteiger partial charge in [-0.3, -0.25) is 4.79 Å². The van der Waals surface area contributed by atoms with E-state index in [2.05, 4.69) is 10.6 Å². The first-order valence-electron chi connectivity index (χ1n) is 5.46. The molecule has 0 radical (unpaired) electrons. The second-order valence-corrected chi connectivity index (χ2v) is 3.91. The maximum Gasteiger partial charge on any atom is 1.00 e. The van der Waals surface area contributed by atoms with E-state index < -0.39 is 12.1 Å². The third-order valence-electron chi connectivity index (χ3n) is 2.63. The van der Waals surface area contributed by atoms with Crippen molar-refractivity contribution in [3.63, 3.8) is 0 Å². The summed E-state index contributed by atoms with van der Waals surface area (Å²) in [6.45, 7) is 2.58. The van der Waals surface area contributed by atoms with E-state index in [0.29, 0.717) is 32.1 Å². The van der Waals surface area contributed by atoms with Crippen molar-refractivity contribution in [2.45, 2.75) is 12.6 Å². The van der Waals surface area contributed by atoms with Crippen LogP contribution in [0, 0.1) is 0 Å². The van der Waals surface area contributed by atoms with Crippen LogP contribution in [0.3, 0.4) is 0 Å². The molecule has 8 heteroatoms. The van der Waals surface area contributed by atoms with E-state index in [4.69, 9.17) is 4.74 Å². The predicted octanol–water partition coefficient (Wildman–Crippen LogP) is -5.65. The molecule has 2 heterocycles. The van der Waals surface area contributed by atoms with Gasteiger partial charge in [0.2, 0.25) is 5.91 Å². The van der Waals surface area contributed by atoms with Gasteiger partial charge < -0.3 is 30.2 Å². The maximum atomic E-state index is 11.4. The first-order chi connectivity index (χ1) is 8.15. The van der Waals surface area contributed by atoms with Gasteiger partial charge in [-0.05, 0) is 0 Å². The Labute approximate surface area is 127 Å². The number of ether oxygens (including phenoxy) is 1. The van der Waals surface area contributed by atoms with E-state index in [1.165, 1.54) is 6.08 Å². The number of carboxylic acids is 1. The molecule has 0 aromatic heterocycles. The van der Waals surface area contributed by atoms with Gasteiger partial charge in [0.05, 0.1) is 13.2 Å². The van der Waals surface area contributed by atoms with E-state index in [1.54, 1.807) is 0 Å². The molecule has 94 valence electrons. The average molecular weight is 263 g/mol. The average Bonchev–Trinajstić information content (AvgIpc) is 2.28. The Bertz CT molecular complexity index is 355. The summed E-state index contributed by atoms with van der Waals surface area (Å²) < 4.78 is 5.21. The Morgan fingerprint density at radius 2 is 2.11 bits per heavy atom. The molecule has 1 unspecified atom stereocenters. The number of rotatable bonds is 3. The van der Waals surface area contributed by atoms with Gasteiger partial charge in [-0.2, -0.15) is 0 Å². The Hall–Kier alpha value is -0.760. The topological polar surface area (TPSA) is 93.7 Å². The molecule has 1 atom stereocenters. The Balaban J connectivity index is 0.00000162. The Kier molecular flexibility index (Phi) is 5.94. The quantitative estimate of drug-likeness (QED) is 0.493. The number of hydrogen-bond acceptors (Lipinski definition) is 6. The molecule has 2 rings (SSSR count). The standard InChI is InChI=1S/C10H15N3O4.Na/c14-9-6-8(13-1-3-17-4-2-13)11-7(12-9)5-10(15)16;/h6-7,11H,1-5H2,(H,12,14)(H,15,16);/q;+1/p-1. The SMILES string of the molecule is O=C([O-])CC1NC(=O)C=C(N2CCOCC2)N1.[Na+]. The Morgan fingerprint density at radius 1 is 1.44 bits per heavy atom. The number of amides is 1. The van der Waals surface area contributed by atoms with Crippen molar-refractivity contribution in [2.24, 2.45) is 0 Å². The van der Waals surface area contributed by atoms with Crippen molar-refractivity contribution >= 4 is 11.9 Å². The van der Waals surface area contributed by atoms with Crippen molar-refractivity contribution in [3.8, 4) is 0 Å². The van der Waals surface area contributed by atoms with Crippen molar-refractivity contribution in [3.05, 3.63) is 11.9 Å². The summed E-state index contributed by atoms with van der Waals surface area (Å²) in [5, 5.41) is 16.0. The number of aliphatic carboxylic acids is 1.